The molecule has 102 valence electrons. The molecule has 0 fully saturated rings. The molecule has 1 amide bonds. The minimum Gasteiger partial charge on any atom is -0.345 e. The average Bonchev–Trinajstić information content (AvgIpc) is 2.45. The Balaban J connectivity index is 1.96. The second-order valence-electron chi connectivity index (χ2n) is 4.12. The number of nitrogens with one attached hydrogen (secondary N) is 1. The molecule has 0 aromatic heterocycles. The van der Waals surface area contributed by atoms with Crippen molar-refractivity contribution in [1.82, 2.24) is 5.32 Å². The average molecular weight is 275 g/mol. The van der Waals surface area contributed by atoms with E-state index in [4.69, 9.17) is 0 Å². The molecule has 0 saturated carbocycles. The van der Waals surface area contributed by atoms with Gasteiger partial charge in [-0.2, -0.15) is 0 Å². The first-order chi connectivity index (χ1) is 9.56. The maximum atomic E-state index is 12.9. The number of hydrogen-bond donors (Lipinski definition) is 1. The number of amides is 1. The highest BCUT2D eigenvalue weighted by atomic mass is 19.1. The molecule has 0 unspecified atom stereocenters. The van der Waals surface area contributed by atoms with Crippen LogP contribution in [0.1, 0.15) is 20.7 Å². The first-order valence-electron chi connectivity index (χ1n) is 5.89. The monoisotopic (exact) mass is 275 g/mol. The van der Waals surface area contributed by atoms with Crippen molar-refractivity contribution < 1.29 is 18.4 Å². The van der Waals surface area contributed by atoms with Crippen LogP contribution in [-0.4, -0.2) is 18.2 Å². The maximum Gasteiger partial charge on any atom is 0.251 e. The lowest BCUT2D eigenvalue weighted by Gasteiger charge is -2.05. The third-order valence-electron chi connectivity index (χ3n) is 2.66. The third kappa shape index (κ3) is 3.47. The molecule has 3 nitrogen and oxygen atoms in total. The summed E-state index contributed by atoms with van der Waals surface area (Å²) in [5.74, 6) is -1.86. The van der Waals surface area contributed by atoms with Gasteiger partial charge in [0.2, 0.25) is 0 Å². The summed E-state index contributed by atoms with van der Waals surface area (Å²) in [4.78, 5) is 23.4. The van der Waals surface area contributed by atoms with Gasteiger partial charge < -0.3 is 5.32 Å². The zero-order chi connectivity index (χ0) is 14.5. The van der Waals surface area contributed by atoms with Crippen LogP contribution in [-0.2, 0) is 0 Å². The quantitative estimate of drug-likeness (QED) is 0.872. The van der Waals surface area contributed by atoms with E-state index in [1.165, 1.54) is 42.5 Å². The van der Waals surface area contributed by atoms with Crippen molar-refractivity contribution in [3.63, 3.8) is 0 Å². The van der Waals surface area contributed by atoms with E-state index in [0.29, 0.717) is 5.56 Å². The molecular weight excluding hydrogens is 264 g/mol. The van der Waals surface area contributed by atoms with Gasteiger partial charge in [-0.15, -0.1) is 0 Å². The summed E-state index contributed by atoms with van der Waals surface area (Å²) < 4.78 is 25.7. The lowest BCUT2D eigenvalue weighted by molar-refractivity contribution is 0.0904. The summed E-state index contributed by atoms with van der Waals surface area (Å²) in [6.07, 6.45) is 0. The van der Waals surface area contributed by atoms with Gasteiger partial charge in [0.1, 0.15) is 11.6 Å². The lowest BCUT2D eigenvalue weighted by atomic mass is 10.1. The number of halogens is 2. The minimum absolute atomic E-state index is 0.136. The van der Waals surface area contributed by atoms with Crippen LogP contribution in [0, 0.1) is 11.6 Å². The van der Waals surface area contributed by atoms with E-state index in [9.17, 15) is 18.4 Å². The molecule has 0 radical (unpaired) electrons. The highest BCUT2D eigenvalue weighted by Crippen LogP contribution is 2.05. The zero-order valence-corrected chi connectivity index (χ0v) is 10.4. The minimum atomic E-state index is -0.542. The first kappa shape index (κ1) is 13.9. The van der Waals surface area contributed by atoms with E-state index in [0.717, 1.165) is 6.07 Å². The predicted octanol–water partition coefficient (Wildman–Crippen LogP) is 2.58. The molecule has 0 aliphatic heterocycles. The Morgan fingerprint density at radius 2 is 1.60 bits per heavy atom. The van der Waals surface area contributed by atoms with Crippen molar-refractivity contribution in [2.24, 2.45) is 0 Å². The van der Waals surface area contributed by atoms with Crippen molar-refractivity contribution >= 4 is 11.7 Å². The van der Waals surface area contributed by atoms with Crippen molar-refractivity contribution in [3.05, 3.63) is 71.3 Å². The molecule has 2 rings (SSSR count). The highest BCUT2D eigenvalue weighted by molar-refractivity contribution is 6.02. The van der Waals surface area contributed by atoms with Gasteiger partial charge >= 0.3 is 0 Å². The van der Waals surface area contributed by atoms with Gasteiger partial charge in [0, 0.05) is 11.1 Å². The van der Waals surface area contributed by atoms with Crippen molar-refractivity contribution in [2.75, 3.05) is 6.54 Å². The molecular formula is C15H11F2NO2. The predicted molar refractivity (Wildman–Crippen MR) is 69.5 cm³/mol. The van der Waals surface area contributed by atoms with Gasteiger partial charge in [0.15, 0.2) is 5.78 Å². The van der Waals surface area contributed by atoms with Crippen LogP contribution in [0.5, 0.6) is 0 Å². The Hall–Kier alpha value is -2.56. The first-order valence-corrected chi connectivity index (χ1v) is 5.89. The fourth-order valence-electron chi connectivity index (χ4n) is 1.63. The molecule has 0 aliphatic rings. The van der Waals surface area contributed by atoms with E-state index >= 15 is 0 Å². The fraction of sp³-hybridized carbons (Fsp3) is 0.0667. The summed E-state index contributed by atoms with van der Waals surface area (Å²) in [6, 6.07) is 10.2. The molecule has 0 spiro atoms. The van der Waals surface area contributed by atoms with Gasteiger partial charge in [-0.05, 0) is 42.5 Å². The standard InChI is InChI=1S/C15H11F2NO2/c16-12-6-4-10(5-7-12)14(19)9-18-15(20)11-2-1-3-13(17)8-11/h1-8H,9H2,(H,18,20). The Bertz CT molecular complexity index is 639. The largest absolute Gasteiger partial charge is 0.345 e. The van der Waals surface area contributed by atoms with E-state index in [1.807, 2.05) is 0 Å². The molecule has 2 aromatic carbocycles. The molecule has 0 atom stereocenters. The number of ketones is 1. The van der Waals surface area contributed by atoms with Gasteiger partial charge in [0.25, 0.3) is 5.91 Å². The van der Waals surface area contributed by atoms with Crippen LogP contribution in [0.2, 0.25) is 0 Å². The number of Topliss-reactive ketones (excluding diaryl/α,β-unsaturated/α-hetero) is 1. The van der Waals surface area contributed by atoms with E-state index in [2.05, 4.69) is 5.32 Å². The van der Waals surface area contributed by atoms with E-state index < -0.39 is 17.5 Å². The fourth-order valence-corrected chi connectivity index (χ4v) is 1.63. The number of carbonyl (C=O) groups is 2. The number of benzene rings is 2. The van der Waals surface area contributed by atoms with Gasteiger partial charge in [-0.3, -0.25) is 9.59 Å². The number of hydrogen-bond acceptors (Lipinski definition) is 2. The Morgan fingerprint density at radius 1 is 0.900 bits per heavy atom. The summed E-state index contributed by atoms with van der Waals surface area (Å²) in [5, 5.41) is 2.39. The number of rotatable bonds is 4. The maximum absolute atomic E-state index is 12.9. The number of carbonyl (C=O) groups excluding carboxylic acids is 2. The van der Waals surface area contributed by atoms with Gasteiger partial charge in [-0.1, -0.05) is 6.07 Å². The van der Waals surface area contributed by atoms with Gasteiger partial charge in [-0.25, -0.2) is 8.78 Å². The second-order valence-corrected chi connectivity index (χ2v) is 4.12. The van der Waals surface area contributed by atoms with Crippen LogP contribution in [0.15, 0.2) is 48.5 Å². The third-order valence-corrected chi connectivity index (χ3v) is 2.66. The normalized spacial score (nSPS) is 10.1. The van der Waals surface area contributed by atoms with Crippen molar-refractivity contribution in [1.29, 1.82) is 0 Å². The molecule has 20 heavy (non-hydrogen) atoms. The highest BCUT2D eigenvalue weighted by Gasteiger charge is 2.10. The SMILES string of the molecule is O=C(CNC(=O)c1cccc(F)c1)c1ccc(F)cc1. The van der Waals surface area contributed by atoms with Crippen LogP contribution in [0.25, 0.3) is 0 Å². The summed E-state index contributed by atoms with van der Waals surface area (Å²) in [5.41, 5.74) is 0.433. The van der Waals surface area contributed by atoms with E-state index in [1.54, 1.807) is 0 Å². The van der Waals surface area contributed by atoms with Crippen LogP contribution < -0.4 is 5.32 Å². The lowest BCUT2D eigenvalue weighted by Crippen LogP contribution is -2.29. The van der Waals surface area contributed by atoms with Crippen LogP contribution in [0.4, 0.5) is 8.78 Å². The Kier molecular flexibility index (Phi) is 4.20. The smallest absolute Gasteiger partial charge is 0.251 e. The topological polar surface area (TPSA) is 46.2 Å². The molecule has 0 heterocycles. The summed E-state index contributed by atoms with van der Waals surface area (Å²) in [6.45, 7) is -0.235. The van der Waals surface area contributed by atoms with Crippen LogP contribution >= 0.6 is 0 Å². The van der Waals surface area contributed by atoms with Crippen molar-refractivity contribution in [3.8, 4) is 0 Å². The molecule has 2 aromatic rings. The second kappa shape index (κ2) is 6.06. The molecule has 0 bridgehead atoms. The Morgan fingerprint density at radius 3 is 2.25 bits per heavy atom. The van der Waals surface area contributed by atoms with E-state index in [-0.39, 0.29) is 17.9 Å². The Labute approximate surface area is 114 Å². The molecule has 0 saturated heterocycles. The van der Waals surface area contributed by atoms with Gasteiger partial charge in [0.05, 0.1) is 6.54 Å². The molecule has 5 heteroatoms. The summed E-state index contributed by atoms with van der Waals surface area (Å²) in [7, 11) is 0. The van der Waals surface area contributed by atoms with Crippen LogP contribution in [0.3, 0.4) is 0 Å². The molecule has 0 aliphatic carbocycles. The zero-order valence-electron chi connectivity index (χ0n) is 10.4. The summed E-state index contributed by atoms with van der Waals surface area (Å²) >= 11 is 0. The molecule has 1 N–H and O–H groups in total. The van der Waals surface area contributed by atoms with Crippen molar-refractivity contribution in [2.45, 2.75) is 0 Å².